The molecule has 0 amide bonds. The van der Waals surface area contributed by atoms with Crippen molar-refractivity contribution in [2.24, 2.45) is 23.2 Å². The Bertz CT molecular complexity index is 936. The van der Waals surface area contributed by atoms with E-state index in [-0.39, 0.29) is 6.10 Å². The summed E-state index contributed by atoms with van der Waals surface area (Å²) in [6, 6.07) is 5.95. The SMILES string of the molecule is C=C1/C(=C\C=C2/CCCC(C)(C(CC)[C@H](C)CCSc3ccc(Cl)c(Cl)c3)C2CC)CCC[C@@H]1O.CC. The number of thioether (sulfide) groups is 1. The molecular formula is C33H50Cl2OS. The molecule has 0 bridgehead atoms. The van der Waals surface area contributed by atoms with Crippen LogP contribution < -0.4 is 0 Å². The van der Waals surface area contributed by atoms with Crippen molar-refractivity contribution < 1.29 is 5.11 Å². The van der Waals surface area contributed by atoms with Gasteiger partial charge >= 0.3 is 0 Å². The Hall–Kier alpha value is -0.670. The standard InChI is InChI=1S/C31H44Cl2OS.C2H6/c1-6-26(21(3)17-19-35-25-15-16-28(32)29(33)20-25)31(5)18-9-11-24(27(31)7-2)14-13-23-10-8-12-30(34)22(23)4;1-2/h13-16,20-21,26-27,30,34H,4,6-12,17-19H2,1-3,5H3;1-2H3/b23-13-,24-14+;/t21-,26?,27?,30+,31?;/m1./s1. The zero-order valence-corrected chi connectivity index (χ0v) is 26.4. The number of rotatable bonds is 9. The van der Waals surface area contributed by atoms with Crippen molar-refractivity contribution in [2.75, 3.05) is 5.75 Å². The summed E-state index contributed by atoms with van der Waals surface area (Å²) in [5.74, 6) is 3.08. The molecule has 0 radical (unpaired) electrons. The average molecular weight is 566 g/mol. The number of aliphatic hydroxyl groups excluding tert-OH is 1. The van der Waals surface area contributed by atoms with Gasteiger partial charge in [-0.05, 0) is 110 Å². The molecule has 4 heteroatoms. The lowest BCUT2D eigenvalue weighted by molar-refractivity contribution is 0.0361. The summed E-state index contributed by atoms with van der Waals surface area (Å²) in [7, 11) is 0. The van der Waals surface area contributed by atoms with E-state index in [0.29, 0.717) is 33.2 Å². The fourth-order valence-electron chi connectivity index (χ4n) is 6.90. The maximum atomic E-state index is 10.2. The van der Waals surface area contributed by atoms with Gasteiger partial charge < -0.3 is 5.11 Å². The van der Waals surface area contributed by atoms with Crippen LogP contribution >= 0.6 is 35.0 Å². The smallest absolute Gasteiger partial charge is 0.0787 e. The zero-order valence-electron chi connectivity index (χ0n) is 24.1. The number of hydrogen-bond donors (Lipinski definition) is 1. The fraction of sp³-hybridized carbons (Fsp3) is 0.636. The van der Waals surface area contributed by atoms with E-state index in [1.54, 1.807) is 5.57 Å². The van der Waals surface area contributed by atoms with Crippen LogP contribution in [0.1, 0.15) is 99.3 Å². The molecule has 0 aromatic heterocycles. The first-order valence-electron chi connectivity index (χ1n) is 14.6. The Morgan fingerprint density at radius 2 is 1.86 bits per heavy atom. The van der Waals surface area contributed by atoms with Gasteiger partial charge in [-0.1, -0.05) is 95.5 Å². The molecule has 3 rings (SSSR count). The molecule has 2 aliphatic carbocycles. The minimum absolute atomic E-state index is 0.322. The molecule has 0 aliphatic heterocycles. The molecule has 37 heavy (non-hydrogen) atoms. The summed E-state index contributed by atoms with van der Waals surface area (Å²) in [5.41, 5.74) is 4.11. The predicted molar refractivity (Wildman–Crippen MR) is 167 cm³/mol. The first-order valence-corrected chi connectivity index (χ1v) is 16.3. The van der Waals surface area contributed by atoms with Crippen molar-refractivity contribution in [1.29, 1.82) is 0 Å². The third-order valence-corrected chi connectivity index (χ3v) is 10.5. The molecule has 2 saturated carbocycles. The Morgan fingerprint density at radius 1 is 1.14 bits per heavy atom. The molecule has 0 spiro atoms. The van der Waals surface area contributed by atoms with Gasteiger partial charge in [0.05, 0.1) is 16.1 Å². The molecule has 0 saturated heterocycles. The van der Waals surface area contributed by atoms with Gasteiger partial charge in [0.25, 0.3) is 0 Å². The Labute approximate surface area is 242 Å². The quantitative estimate of drug-likeness (QED) is 0.301. The lowest BCUT2D eigenvalue weighted by atomic mass is 9.55. The normalized spacial score (nSPS) is 28.1. The van der Waals surface area contributed by atoms with Crippen LogP contribution in [0.25, 0.3) is 0 Å². The van der Waals surface area contributed by atoms with Gasteiger partial charge in [0.15, 0.2) is 0 Å². The number of halogens is 2. The highest BCUT2D eigenvalue weighted by molar-refractivity contribution is 7.99. The van der Waals surface area contributed by atoms with E-state index in [0.717, 1.165) is 30.6 Å². The lowest BCUT2D eigenvalue weighted by Gasteiger charge is -2.50. The predicted octanol–water partition coefficient (Wildman–Crippen LogP) is 11.3. The highest BCUT2D eigenvalue weighted by atomic mass is 35.5. The zero-order chi connectivity index (χ0) is 27.6. The first-order chi connectivity index (χ1) is 17.7. The molecule has 5 atom stereocenters. The minimum atomic E-state index is -0.362. The van der Waals surface area contributed by atoms with Crippen LogP contribution in [0.15, 0.2) is 58.5 Å². The third kappa shape index (κ3) is 8.41. The van der Waals surface area contributed by atoms with Gasteiger partial charge in [0, 0.05) is 4.90 Å². The molecule has 0 heterocycles. The van der Waals surface area contributed by atoms with Gasteiger partial charge in [0.2, 0.25) is 0 Å². The van der Waals surface area contributed by atoms with Crippen LogP contribution in [-0.4, -0.2) is 17.0 Å². The Kier molecular flexibility index (Phi) is 13.9. The molecule has 1 nitrogen and oxygen atoms in total. The molecular weight excluding hydrogens is 515 g/mol. The second-order valence-electron chi connectivity index (χ2n) is 10.9. The summed E-state index contributed by atoms with van der Waals surface area (Å²) in [6.45, 7) is 18.0. The van der Waals surface area contributed by atoms with Crippen LogP contribution in [0.2, 0.25) is 10.0 Å². The summed E-state index contributed by atoms with van der Waals surface area (Å²) in [6.07, 6.45) is 14.7. The van der Waals surface area contributed by atoms with Crippen LogP contribution in [-0.2, 0) is 0 Å². The summed E-state index contributed by atoms with van der Waals surface area (Å²) in [5, 5.41) is 11.5. The van der Waals surface area contributed by atoms with Gasteiger partial charge in [0.1, 0.15) is 0 Å². The first kappa shape index (κ1) is 32.5. The molecule has 208 valence electrons. The average Bonchev–Trinajstić information content (AvgIpc) is 2.88. The number of hydrogen-bond acceptors (Lipinski definition) is 2. The van der Waals surface area contributed by atoms with Crippen molar-refractivity contribution in [3.8, 4) is 0 Å². The second kappa shape index (κ2) is 15.8. The van der Waals surface area contributed by atoms with Crippen LogP contribution in [0.5, 0.6) is 0 Å². The Morgan fingerprint density at radius 3 is 2.51 bits per heavy atom. The lowest BCUT2D eigenvalue weighted by Crippen LogP contribution is -2.41. The van der Waals surface area contributed by atoms with E-state index in [4.69, 9.17) is 23.2 Å². The maximum absolute atomic E-state index is 10.2. The van der Waals surface area contributed by atoms with E-state index in [1.165, 1.54) is 49.0 Å². The van der Waals surface area contributed by atoms with E-state index in [9.17, 15) is 5.11 Å². The third-order valence-electron chi connectivity index (χ3n) is 8.78. The van der Waals surface area contributed by atoms with Gasteiger partial charge in [-0.15, -0.1) is 11.8 Å². The highest BCUT2D eigenvalue weighted by Gasteiger charge is 2.44. The molecule has 2 aliphatic rings. The molecule has 1 N–H and O–H groups in total. The summed E-state index contributed by atoms with van der Waals surface area (Å²) < 4.78 is 0. The Balaban J connectivity index is 0.00000235. The number of benzene rings is 1. The number of aliphatic hydroxyl groups is 1. The van der Waals surface area contributed by atoms with Crippen molar-refractivity contribution in [3.63, 3.8) is 0 Å². The second-order valence-corrected chi connectivity index (χ2v) is 12.9. The van der Waals surface area contributed by atoms with E-state index < -0.39 is 0 Å². The minimum Gasteiger partial charge on any atom is -0.388 e. The van der Waals surface area contributed by atoms with Crippen molar-refractivity contribution in [1.82, 2.24) is 0 Å². The monoisotopic (exact) mass is 564 g/mol. The van der Waals surface area contributed by atoms with Gasteiger partial charge in [-0.25, -0.2) is 0 Å². The van der Waals surface area contributed by atoms with E-state index in [2.05, 4.69) is 52.5 Å². The topological polar surface area (TPSA) is 20.2 Å². The largest absolute Gasteiger partial charge is 0.388 e. The van der Waals surface area contributed by atoms with Crippen LogP contribution in [0, 0.1) is 23.2 Å². The van der Waals surface area contributed by atoms with Crippen molar-refractivity contribution in [2.45, 2.75) is 110 Å². The molecule has 3 unspecified atom stereocenters. The molecule has 2 fully saturated rings. The highest BCUT2D eigenvalue weighted by Crippen LogP contribution is 2.54. The number of allylic oxidation sites excluding steroid dienone is 3. The molecule has 1 aromatic rings. The van der Waals surface area contributed by atoms with Gasteiger partial charge in [-0.2, -0.15) is 0 Å². The van der Waals surface area contributed by atoms with E-state index >= 15 is 0 Å². The van der Waals surface area contributed by atoms with Crippen LogP contribution in [0.3, 0.4) is 0 Å². The summed E-state index contributed by atoms with van der Waals surface area (Å²) in [4.78, 5) is 1.20. The fourth-order valence-corrected chi connectivity index (χ4v) is 8.35. The van der Waals surface area contributed by atoms with Crippen LogP contribution in [0.4, 0.5) is 0 Å². The summed E-state index contributed by atoms with van der Waals surface area (Å²) >= 11 is 14.2. The maximum Gasteiger partial charge on any atom is 0.0787 e. The van der Waals surface area contributed by atoms with Gasteiger partial charge in [-0.3, -0.25) is 0 Å². The van der Waals surface area contributed by atoms with E-state index in [1.807, 2.05) is 37.7 Å². The van der Waals surface area contributed by atoms with Crippen molar-refractivity contribution in [3.05, 3.63) is 63.7 Å². The molecule has 1 aromatic carbocycles. The van der Waals surface area contributed by atoms with Crippen molar-refractivity contribution >= 4 is 35.0 Å².